The van der Waals surface area contributed by atoms with E-state index in [9.17, 15) is 0 Å². The highest BCUT2D eigenvalue weighted by atomic mass is 127. The van der Waals surface area contributed by atoms with Crippen LogP contribution < -0.4 is 14.8 Å². The van der Waals surface area contributed by atoms with Crippen molar-refractivity contribution < 1.29 is 9.47 Å². The van der Waals surface area contributed by atoms with Crippen LogP contribution in [0.15, 0.2) is 29.3 Å². The van der Waals surface area contributed by atoms with E-state index in [1.807, 2.05) is 20.0 Å². The van der Waals surface area contributed by atoms with Gasteiger partial charge in [0, 0.05) is 58.6 Å². The standard InChI is InChI=1S/C23H34N6O2.HI/c1-17(14-29-19(3)11-18(2)26-29)13-25-23(24-4)28-9-7-27(8-10-28)15-20-5-6-21-22(12-20)31-16-30-21;/h5-6,11-12,17H,7-10,13-16H2,1-4H3,(H,24,25);1H. The van der Waals surface area contributed by atoms with Gasteiger partial charge >= 0.3 is 0 Å². The van der Waals surface area contributed by atoms with E-state index in [4.69, 9.17) is 9.47 Å². The summed E-state index contributed by atoms with van der Waals surface area (Å²) in [5, 5.41) is 8.14. The van der Waals surface area contributed by atoms with Gasteiger partial charge in [-0.1, -0.05) is 13.0 Å². The molecule has 2 aromatic rings. The number of fused-ring (bicyclic) bond motifs is 1. The molecule has 1 aromatic carbocycles. The molecule has 0 spiro atoms. The maximum absolute atomic E-state index is 5.50. The fraction of sp³-hybridized carbons (Fsp3) is 0.565. The molecule has 176 valence electrons. The van der Waals surface area contributed by atoms with Crippen LogP contribution in [0.25, 0.3) is 0 Å². The second-order valence-corrected chi connectivity index (χ2v) is 8.59. The van der Waals surface area contributed by atoms with Crippen LogP contribution in [0.4, 0.5) is 0 Å². The lowest BCUT2D eigenvalue weighted by Crippen LogP contribution is -2.52. The molecule has 1 atom stereocenters. The van der Waals surface area contributed by atoms with Crippen LogP contribution in [0.1, 0.15) is 23.9 Å². The summed E-state index contributed by atoms with van der Waals surface area (Å²) in [5.41, 5.74) is 3.55. The predicted octanol–water partition coefficient (Wildman–Crippen LogP) is 2.88. The maximum atomic E-state index is 5.50. The van der Waals surface area contributed by atoms with Crippen LogP contribution in [-0.2, 0) is 13.1 Å². The van der Waals surface area contributed by atoms with Crippen molar-refractivity contribution in [3.05, 3.63) is 41.2 Å². The molecule has 1 N–H and O–H groups in total. The molecule has 32 heavy (non-hydrogen) atoms. The van der Waals surface area contributed by atoms with Gasteiger partial charge in [0.2, 0.25) is 6.79 Å². The van der Waals surface area contributed by atoms with Crippen molar-refractivity contribution in [2.45, 2.75) is 33.9 Å². The Morgan fingerprint density at radius 2 is 1.88 bits per heavy atom. The van der Waals surface area contributed by atoms with Crippen molar-refractivity contribution in [1.29, 1.82) is 0 Å². The van der Waals surface area contributed by atoms with Crippen molar-refractivity contribution >= 4 is 29.9 Å². The average Bonchev–Trinajstić information content (AvgIpc) is 3.34. The van der Waals surface area contributed by atoms with E-state index in [2.05, 4.69) is 61.9 Å². The Kier molecular flexibility index (Phi) is 8.64. The fourth-order valence-electron chi connectivity index (χ4n) is 4.23. The normalized spacial score (nSPS) is 17.2. The number of aryl methyl sites for hydroxylation is 2. The van der Waals surface area contributed by atoms with E-state index in [0.29, 0.717) is 12.7 Å². The van der Waals surface area contributed by atoms with Crippen LogP contribution in [-0.4, -0.2) is 72.1 Å². The third-order valence-electron chi connectivity index (χ3n) is 5.92. The van der Waals surface area contributed by atoms with Crippen LogP contribution in [0, 0.1) is 19.8 Å². The third kappa shape index (κ3) is 6.06. The third-order valence-corrected chi connectivity index (χ3v) is 5.92. The molecule has 9 heteroatoms. The van der Waals surface area contributed by atoms with Crippen LogP contribution >= 0.6 is 24.0 Å². The Bertz CT molecular complexity index is 923. The van der Waals surface area contributed by atoms with Crippen molar-refractivity contribution in [3.8, 4) is 11.5 Å². The molecule has 1 saturated heterocycles. The molecule has 0 bridgehead atoms. The SMILES string of the molecule is CN=C(NCC(C)Cn1nc(C)cc1C)N1CCN(Cc2ccc3c(c2)OCO3)CC1.I. The van der Waals surface area contributed by atoms with Gasteiger partial charge in [-0.2, -0.15) is 5.10 Å². The zero-order chi connectivity index (χ0) is 21.8. The average molecular weight is 554 g/mol. The summed E-state index contributed by atoms with van der Waals surface area (Å²) in [6.07, 6.45) is 0. The summed E-state index contributed by atoms with van der Waals surface area (Å²) < 4.78 is 13.0. The number of hydrogen-bond donors (Lipinski definition) is 1. The fourth-order valence-corrected chi connectivity index (χ4v) is 4.23. The molecule has 1 fully saturated rings. The van der Waals surface area contributed by atoms with E-state index in [1.165, 1.54) is 11.3 Å². The largest absolute Gasteiger partial charge is 0.454 e. The Morgan fingerprint density at radius 3 is 2.56 bits per heavy atom. The first-order valence-electron chi connectivity index (χ1n) is 11.1. The molecule has 1 unspecified atom stereocenters. The smallest absolute Gasteiger partial charge is 0.231 e. The zero-order valence-electron chi connectivity index (χ0n) is 19.5. The number of aromatic nitrogens is 2. The van der Waals surface area contributed by atoms with Crippen molar-refractivity contribution in [2.24, 2.45) is 10.9 Å². The van der Waals surface area contributed by atoms with E-state index in [1.54, 1.807) is 0 Å². The number of hydrogen-bond acceptors (Lipinski definition) is 5. The second-order valence-electron chi connectivity index (χ2n) is 8.59. The Morgan fingerprint density at radius 1 is 1.12 bits per heavy atom. The molecule has 0 radical (unpaired) electrons. The number of benzene rings is 1. The molecule has 0 amide bonds. The lowest BCUT2D eigenvalue weighted by atomic mass is 10.1. The summed E-state index contributed by atoms with van der Waals surface area (Å²) in [6, 6.07) is 8.36. The molecular formula is C23H35IN6O2. The van der Waals surface area contributed by atoms with Gasteiger partial charge in [0.05, 0.1) is 5.69 Å². The molecule has 0 aliphatic carbocycles. The zero-order valence-corrected chi connectivity index (χ0v) is 21.8. The van der Waals surface area contributed by atoms with Gasteiger partial charge in [-0.25, -0.2) is 0 Å². The molecule has 1 aromatic heterocycles. The Balaban J connectivity index is 0.00000289. The number of halogens is 1. The Labute approximate surface area is 208 Å². The quantitative estimate of drug-likeness (QED) is 0.337. The van der Waals surface area contributed by atoms with Gasteiger partial charge in [0.25, 0.3) is 0 Å². The van der Waals surface area contributed by atoms with Gasteiger partial charge < -0.3 is 19.7 Å². The van der Waals surface area contributed by atoms with E-state index >= 15 is 0 Å². The summed E-state index contributed by atoms with van der Waals surface area (Å²) in [6.45, 7) is 13.4. The first-order chi connectivity index (χ1) is 15.0. The number of ether oxygens (including phenoxy) is 2. The minimum Gasteiger partial charge on any atom is -0.454 e. The minimum atomic E-state index is 0. The molecule has 2 aliphatic heterocycles. The topological polar surface area (TPSA) is 67.2 Å². The van der Waals surface area contributed by atoms with Gasteiger partial charge in [-0.05, 0) is 43.5 Å². The number of piperazine rings is 1. The van der Waals surface area contributed by atoms with Gasteiger partial charge in [-0.15, -0.1) is 24.0 Å². The molecule has 0 saturated carbocycles. The molecule has 8 nitrogen and oxygen atoms in total. The second kappa shape index (κ2) is 11.2. The van der Waals surface area contributed by atoms with Crippen LogP contribution in [0.3, 0.4) is 0 Å². The van der Waals surface area contributed by atoms with E-state index < -0.39 is 0 Å². The van der Waals surface area contributed by atoms with E-state index in [-0.39, 0.29) is 24.0 Å². The summed E-state index contributed by atoms with van der Waals surface area (Å²) in [5.74, 6) is 3.15. The number of rotatable bonds is 6. The number of nitrogens with one attached hydrogen (secondary N) is 1. The van der Waals surface area contributed by atoms with Crippen LogP contribution in [0.2, 0.25) is 0 Å². The van der Waals surface area contributed by atoms with Crippen molar-refractivity contribution in [1.82, 2.24) is 24.9 Å². The maximum Gasteiger partial charge on any atom is 0.231 e. The predicted molar refractivity (Wildman–Crippen MR) is 137 cm³/mol. The summed E-state index contributed by atoms with van der Waals surface area (Å²) in [4.78, 5) is 9.35. The van der Waals surface area contributed by atoms with Gasteiger partial charge in [-0.3, -0.25) is 14.6 Å². The number of guanidine groups is 1. The summed E-state index contributed by atoms with van der Waals surface area (Å²) >= 11 is 0. The molecule has 2 aliphatic rings. The Hall–Kier alpha value is -2.01. The van der Waals surface area contributed by atoms with Crippen molar-refractivity contribution in [3.63, 3.8) is 0 Å². The first-order valence-corrected chi connectivity index (χ1v) is 11.1. The van der Waals surface area contributed by atoms with Crippen LogP contribution in [0.5, 0.6) is 11.5 Å². The molecule has 4 rings (SSSR count). The first kappa shape index (κ1) is 24.6. The highest BCUT2D eigenvalue weighted by Gasteiger charge is 2.21. The lowest BCUT2D eigenvalue weighted by Gasteiger charge is -2.36. The minimum absolute atomic E-state index is 0. The number of nitrogens with zero attached hydrogens (tertiary/aromatic N) is 5. The van der Waals surface area contributed by atoms with Gasteiger partial charge in [0.15, 0.2) is 17.5 Å². The highest BCUT2D eigenvalue weighted by molar-refractivity contribution is 14.0. The monoisotopic (exact) mass is 554 g/mol. The van der Waals surface area contributed by atoms with E-state index in [0.717, 1.165) is 69.0 Å². The lowest BCUT2D eigenvalue weighted by molar-refractivity contribution is 0.170. The summed E-state index contributed by atoms with van der Waals surface area (Å²) in [7, 11) is 1.87. The van der Waals surface area contributed by atoms with Crippen molar-refractivity contribution in [2.75, 3.05) is 46.6 Å². The highest BCUT2D eigenvalue weighted by Crippen LogP contribution is 2.32. The van der Waals surface area contributed by atoms with Gasteiger partial charge in [0.1, 0.15) is 0 Å². The molecular weight excluding hydrogens is 519 g/mol. The molecule has 3 heterocycles. The number of aliphatic imine (C=N–C) groups is 1.